The van der Waals surface area contributed by atoms with Crippen LogP contribution in [0.15, 0.2) is 30.3 Å². The standard InChI is InChI=1S/C19H30N2O2/c1-15(16-8-6-5-7-9-16)14-20-17-10-12-21(13-11-17)18(22)23-19(2,3)4/h5-9,15,17,20H,10-14H2,1-4H3. The number of hydrogen-bond acceptors (Lipinski definition) is 3. The number of benzene rings is 1. The molecule has 1 aromatic rings. The number of ether oxygens (including phenoxy) is 1. The fourth-order valence-electron chi connectivity index (χ4n) is 2.84. The predicted molar refractivity (Wildman–Crippen MR) is 93.7 cm³/mol. The number of hydrogen-bond donors (Lipinski definition) is 1. The second kappa shape index (κ2) is 7.82. The van der Waals surface area contributed by atoms with Crippen molar-refractivity contribution in [3.8, 4) is 0 Å². The summed E-state index contributed by atoms with van der Waals surface area (Å²) in [6, 6.07) is 11.1. The van der Waals surface area contributed by atoms with Crippen LogP contribution in [0.1, 0.15) is 52.0 Å². The van der Waals surface area contributed by atoms with Crippen molar-refractivity contribution < 1.29 is 9.53 Å². The van der Waals surface area contributed by atoms with Gasteiger partial charge in [0.15, 0.2) is 0 Å². The van der Waals surface area contributed by atoms with Crippen LogP contribution in [-0.4, -0.2) is 42.3 Å². The first-order valence-corrected chi connectivity index (χ1v) is 8.61. The summed E-state index contributed by atoms with van der Waals surface area (Å²) in [5, 5.41) is 3.65. The summed E-state index contributed by atoms with van der Waals surface area (Å²) < 4.78 is 5.44. The molecule has 0 spiro atoms. The molecule has 128 valence electrons. The van der Waals surface area contributed by atoms with Crippen molar-refractivity contribution >= 4 is 6.09 Å². The molecule has 2 rings (SSSR count). The van der Waals surface area contributed by atoms with Crippen LogP contribution in [0.25, 0.3) is 0 Å². The van der Waals surface area contributed by atoms with E-state index in [1.54, 1.807) is 0 Å². The monoisotopic (exact) mass is 318 g/mol. The molecule has 1 saturated heterocycles. The van der Waals surface area contributed by atoms with Gasteiger partial charge in [-0.05, 0) is 45.1 Å². The molecule has 1 aliphatic rings. The van der Waals surface area contributed by atoms with E-state index in [4.69, 9.17) is 4.74 Å². The zero-order valence-electron chi connectivity index (χ0n) is 14.8. The smallest absolute Gasteiger partial charge is 0.410 e. The lowest BCUT2D eigenvalue weighted by molar-refractivity contribution is 0.0198. The summed E-state index contributed by atoms with van der Waals surface area (Å²) in [4.78, 5) is 13.9. The summed E-state index contributed by atoms with van der Waals surface area (Å²) in [5.41, 5.74) is 0.947. The Balaban J connectivity index is 1.72. The third-order valence-corrected chi connectivity index (χ3v) is 4.23. The van der Waals surface area contributed by atoms with Crippen LogP contribution < -0.4 is 5.32 Å². The highest BCUT2D eigenvalue weighted by Gasteiger charge is 2.26. The molecular weight excluding hydrogens is 288 g/mol. The molecule has 23 heavy (non-hydrogen) atoms. The molecule has 1 atom stereocenters. The SMILES string of the molecule is CC(CNC1CCN(C(=O)OC(C)(C)C)CC1)c1ccccc1. The lowest BCUT2D eigenvalue weighted by atomic mass is 9.99. The lowest BCUT2D eigenvalue weighted by Crippen LogP contribution is -2.47. The minimum atomic E-state index is -0.419. The van der Waals surface area contributed by atoms with Gasteiger partial charge in [0.05, 0.1) is 0 Å². The Morgan fingerprint density at radius 1 is 1.26 bits per heavy atom. The van der Waals surface area contributed by atoms with Crippen LogP contribution in [0.3, 0.4) is 0 Å². The van der Waals surface area contributed by atoms with Gasteiger partial charge in [0.2, 0.25) is 0 Å². The normalized spacial score (nSPS) is 17.8. The Labute approximate surface area is 140 Å². The van der Waals surface area contributed by atoms with Crippen LogP contribution in [0.5, 0.6) is 0 Å². The Bertz CT molecular complexity index is 488. The lowest BCUT2D eigenvalue weighted by Gasteiger charge is -2.34. The topological polar surface area (TPSA) is 41.6 Å². The molecular formula is C19H30N2O2. The first-order valence-electron chi connectivity index (χ1n) is 8.61. The highest BCUT2D eigenvalue weighted by atomic mass is 16.6. The fraction of sp³-hybridized carbons (Fsp3) is 0.632. The van der Waals surface area contributed by atoms with E-state index in [1.165, 1.54) is 5.56 Å². The summed E-state index contributed by atoms with van der Waals surface area (Å²) in [6.45, 7) is 10.5. The van der Waals surface area contributed by atoms with Crippen molar-refractivity contribution in [2.24, 2.45) is 0 Å². The maximum Gasteiger partial charge on any atom is 0.410 e. The summed E-state index contributed by atoms with van der Waals surface area (Å²) in [6.07, 6.45) is 1.79. The average molecular weight is 318 g/mol. The molecule has 0 aromatic heterocycles. The van der Waals surface area contributed by atoms with E-state index in [1.807, 2.05) is 25.7 Å². The van der Waals surface area contributed by atoms with E-state index in [2.05, 4.69) is 42.6 Å². The molecule has 1 N–H and O–H groups in total. The Hall–Kier alpha value is -1.55. The zero-order chi connectivity index (χ0) is 16.9. The number of rotatable bonds is 4. The van der Waals surface area contributed by atoms with Crippen LogP contribution in [0, 0.1) is 0 Å². The van der Waals surface area contributed by atoms with Crippen molar-refractivity contribution in [2.45, 2.75) is 58.1 Å². The molecule has 0 bridgehead atoms. The number of nitrogens with zero attached hydrogens (tertiary/aromatic N) is 1. The molecule has 0 saturated carbocycles. The summed E-state index contributed by atoms with van der Waals surface area (Å²) in [5.74, 6) is 0.500. The fourth-order valence-corrected chi connectivity index (χ4v) is 2.84. The van der Waals surface area contributed by atoms with Crippen LogP contribution in [0.2, 0.25) is 0 Å². The van der Waals surface area contributed by atoms with Gasteiger partial charge in [0, 0.05) is 25.7 Å². The highest BCUT2D eigenvalue weighted by molar-refractivity contribution is 5.68. The molecule has 4 nitrogen and oxygen atoms in total. The Morgan fingerprint density at radius 2 is 1.87 bits per heavy atom. The first-order chi connectivity index (χ1) is 10.8. The molecule has 4 heteroatoms. The molecule has 1 amide bonds. The van der Waals surface area contributed by atoms with Gasteiger partial charge in [0.1, 0.15) is 5.60 Å². The molecule has 1 aromatic carbocycles. The minimum Gasteiger partial charge on any atom is -0.444 e. The third kappa shape index (κ3) is 5.87. The van der Waals surface area contributed by atoms with Crippen LogP contribution in [-0.2, 0) is 4.74 Å². The van der Waals surface area contributed by atoms with Gasteiger partial charge >= 0.3 is 6.09 Å². The molecule has 0 radical (unpaired) electrons. The summed E-state index contributed by atoms with van der Waals surface area (Å²) >= 11 is 0. The third-order valence-electron chi connectivity index (χ3n) is 4.23. The first kappa shape index (κ1) is 17.8. The minimum absolute atomic E-state index is 0.186. The molecule has 1 unspecified atom stereocenters. The van der Waals surface area contributed by atoms with E-state index >= 15 is 0 Å². The molecule has 1 fully saturated rings. The van der Waals surface area contributed by atoms with E-state index in [-0.39, 0.29) is 6.09 Å². The van der Waals surface area contributed by atoms with Gasteiger partial charge in [-0.15, -0.1) is 0 Å². The summed E-state index contributed by atoms with van der Waals surface area (Å²) in [7, 11) is 0. The van der Waals surface area contributed by atoms with Crippen molar-refractivity contribution in [2.75, 3.05) is 19.6 Å². The maximum absolute atomic E-state index is 12.1. The van der Waals surface area contributed by atoms with Gasteiger partial charge in [-0.2, -0.15) is 0 Å². The van der Waals surface area contributed by atoms with Gasteiger partial charge in [0.25, 0.3) is 0 Å². The number of likely N-dealkylation sites (tertiary alicyclic amines) is 1. The zero-order valence-corrected chi connectivity index (χ0v) is 14.8. The van der Waals surface area contributed by atoms with E-state index in [0.29, 0.717) is 12.0 Å². The Kier molecular flexibility index (Phi) is 6.05. The molecule has 0 aliphatic carbocycles. The quantitative estimate of drug-likeness (QED) is 0.918. The number of nitrogens with one attached hydrogen (secondary N) is 1. The van der Waals surface area contributed by atoms with Crippen molar-refractivity contribution in [1.82, 2.24) is 10.2 Å². The van der Waals surface area contributed by atoms with Crippen molar-refractivity contribution in [3.05, 3.63) is 35.9 Å². The van der Waals surface area contributed by atoms with E-state index in [9.17, 15) is 4.79 Å². The van der Waals surface area contributed by atoms with E-state index < -0.39 is 5.60 Å². The van der Waals surface area contributed by atoms with Crippen molar-refractivity contribution in [1.29, 1.82) is 0 Å². The largest absolute Gasteiger partial charge is 0.444 e. The molecule has 1 heterocycles. The number of piperidine rings is 1. The second-order valence-corrected chi connectivity index (χ2v) is 7.46. The van der Waals surface area contributed by atoms with Gasteiger partial charge in [-0.3, -0.25) is 0 Å². The van der Waals surface area contributed by atoms with E-state index in [0.717, 1.165) is 32.5 Å². The average Bonchev–Trinajstić information content (AvgIpc) is 2.52. The number of carbonyl (C=O) groups excluding carboxylic acids is 1. The van der Waals surface area contributed by atoms with Crippen LogP contribution >= 0.6 is 0 Å². The number of amides is 1. The van der Waals surface area contributed by atoms with Gasteiger partial charge < -0.3 is 15.0 Å². The Morgan fingerprint density at radius 3 is 2.43 bits per heavy atom. The molecule has 1 aliphatic heterocycles. The second-order valence-electron chi connectivity index (χ2n) is 7.46. The van der Waals surface area contributed by atoms with Crippen LogP contribution in [0.4, 0.5) is 4.79 Å². The highest BCUT2D eigenvalue weighted by Crippen LogP contribution is 2.17. The van der Waals surface area contributed by atoms with Gasteiger partial charge in [-0.1, -0.05) is 37.3 Å². The predicted octanol–water partition coefficient (Wildman–Crippen LogP) is 3.78. The van der Waals surface area contributed by atoms with Crippen molar-refractivity contribution in [3.63, 3.8) is 0 Å². The number of carbonyl (C=O) groups is 1. The van der Waals surface area contributed by atoms with Gasteiger partial charge in [-0.25, -0.2) is 4.79 Å². The maximum atomic E-state index is 12.1.